The molecule has 28 heavy (non-hydrogen) atoms. The van der Waals surface area contributed by atoms with Crippen molar-refractivity contribution in [3.63, 3.8) is 0 Å². The number of aryl methyl sites for hydroxylation is 1. The van der Waals surface area contributed by atoms with E-state index in [1.807, 2.05) is 54.3 Å². The van der Waals surface area contributed by atoms with Crippen LogP contribution in [-0.2, 0) is 7.05 Å². The van der Waals surface area contributed by atoms with E-state index >= 15 is 0 Å². The molecule has 0 aliphatic heterocycles. The first kappa shape index (κ1) is 16.2. The molecule has 4 aromatic heterocycles. The number of benzene rings is 1. The normalized spacial score (nSPS) is 11.4. The molecule has 0 fully saturated rings. The van der Waals surface area contributed by atoms with E-state index in [1.165, 1.54) is 0 Å². The van der Waals surface area contributed by atoms with Gasteiger partial charge in [0.2, 0.25) is 5.95 Å². The highest BCUT2D eigenvalue weighted by atomic mass is 16.5. The molecule has 0 saturated heterocycles. The van der Waals surface area contributed by atoms with Crippen molar-refractivity contribution in [1.29, 1.82) is 0 Å². The van der Waals surface area contributed by atoms with Gasteiger partial charge in [-0.15, -0.1) is 10.2 Å². The van der Waals surface area contributed by atoms with E-state index in [-0.39, 0.29) is 5.95 Å². The summed E-state index contributed by atoms with van der Waals surface area (Å²) in [7, 11) is 3.60. The zero-order valence-corrected chi connectivity index (χ0v) is 15.3. The molecule has 0 aliphatic rings. The van der Waals surface area contributed by atoms with Crippen LogP contribution in [0, 0.1) is 0 Å². The van der Waals surface area contributed by atoms with Crippen molar-refractivity contribution in [3.8, 4) is 28.3 Å². The number of nitrogens with one attached hydrogen (secondary N) is 1. The van der Waals surface area contributed by atoms with Crippen molar-refractivity contribution in [2.45, 2.75) is 0 Å². The van der Waals surface area contributed by atoms with E-state index in [4.69, 9.17) is 10.5 Å². The average Bonchev–Trinajstić information content (AvgIpc) is 3.29. The number of anilines is 1. The summed E-state index contributed by atoms with van der Waals surface area (Å²) in [4.78, 5) is 12.3. The first-order valence-electron chi connectivity index (χ1n) is 8.72. The quantitative estimate of drug-likeness (QED) is 0.504. The molecule has 3 N–H and O–H groups in total. The summed E-state index contributed by atoms with van der Waals surface area (Å²) in [6.45, 7) is 0. The Labute approximate surface area is 160 Å². The van der Waals surface area contributed by atoms with Crippen molar-refractivity contribution in [1.82, 2.24) is 29.7 Å². The lowest BCUT2D eigenvalue weighted by Crippen LogP contribution is -2.02. The number of pyridine rings is 1. The van der Waals surface area contributed by atoms with Crippen molar-refractivity contribution >= 4 is 27.9 Å². The van der Waals surface area contributed by atoms with Crippen LogP contribution >= 0.6 is 0 Å². The molecule has 4 heterocycles. The van der Waals surface area contributed by atoms with Crippen molar-refractivity contribution in [2.24, 2.45) is 7.05 Å². The molecule has 0 bridgehead atoms. The third-order valence-corrected chi connectivity index (χ3v) is 4.84. The molecule has 8 nitrogen and oxygen atoms in total. The molecule has 5 rings (SSSR count). The van der Waals surface area contributed by atoms with E-state index in [9.17, 15) is 0 Å². The first-order valence-corrected chi connectivity index (χ1v) is 8.72. The number of nitrogens with two attached hydrogens (primary N) is 1. The molecule has 8 heteroatoms. The zero-order chi connectivity index (χ0) is 19.3. The molecular formula is C20H17N7O. The molecule has 1 aromatic carbocycles. The van der Waals surface area contributed by atoms with Gasteiger partial charge in [-0.05, 0) is 30.3 Å². The summed E-state index contributed by atoms with van der Waals surface area (Å²) in [5.74, 6) is 0.887. The van der Waals surface area contributed by atoms with Gasteiger partial charge in [-0.3, -0.25) is 0 Å². The molecule has 5 aromatic rings. The molecule has 0 unspecified atom stereocenters. The standard InChI is InChI=1S/C20H17N7O/c1-27-10-15(12-4-3-7-22-19(12)27)17-18(25-26-20(21)24-17)14-9-23-16-6-5-11(28-2)8-13(14)16/h3-10,23H,1-2H3,(H2,21,24,26). The van der Waals surface area contributed by atoms with Crippen LogP contribution < -0.4 is 10.5 Å². The highest BCUT2D eigenvalue weighted by Gasteiger charge is 2.20. The maximum absolute atomic E-state index is 5.89. The van der Waals surface area contributed by atoms with Gasteiger partial charge < -0.3 is 20.0 Å². The molecule has 0 saturated carbocycles. The lowest BCUT2D eigenvalue weighted by molar-refractivity contribution is 0.415. The minimum absolute atomic E-state index is 0.122. The van der Waals surface area contributed by atoms with Gasteiger partial charge >= 0.3 is 0 Å². The fourth-order valence-electron chi connectivity index (χ4n) is 3.53. The van der Waals surface area contributed by atoms with Gasteiger partial charge in [0, 0.05) is 53.1 Å². The molecule has 0 aliphatic carbocycles. The Bertz CT molecular complexity index is 1340. The van der Waals surface area contributed by atoms with Crippen molar-refractivity contribution in [2.75, 3.05) is 12.8 Å². The van der Waals surface area contributed by atoms with Gasteiger partial charge in [0.05, 0.1) is 7.11 Å². The second kappa shape index (κ2) is 6.05. The predicted octanol–water partition coefficient (Wildman–Crippen LogP) is 3.16. The van der Waals surface area contributed by atoms with Crippen LogP contribution in [0.1, 0.15) is 0 Å². The molecular weight excluding hydrogens is 354 g/mol. The Balaban J connectivity index is 1.81. The number of nitrogen functional groups attached to an aromatic ring is 1. The minimum Gasteiger partial charge on any atom is -0.497 e. The molecule has 138 valence electrons. The van der Waals surface area contributed by atoms with Crippen molar-refractivity contribution in [3.05, 3.63) is 48.9 Å². The smallest absolute Gasteiger partial charge is 0.240 e. The van der Waals surface area contributed by atoms with E-state index < -0.39 is 0 Å². The van der Waals surface area contributed by atoms with Crippen LogP contribution in [0.3, 0.4) is 0 Å². The van der Waals surface area contributed by atoms with Gasteiger partial charge in [-0.25, -0.2) is 9.97 Å². The monoisotopic (exact) mass is 371 g/mol. The third-order valence-electron chi connectivity index (χ3n) is 4.84. The molecule has 0 atom stereocenters. The molecule has 0 radical (unpaired) electrons. The maximum atomic E-state index is 5.89. The number of nitrogens with zero attached hydrogens (tertiary/aromatic N) is 5. The number of hydrogen-bond acceptors (Lipinski definition) is 6. The average molecular weight is 371 g/mol. The van der Waals surface area contributed by atoms with Crippen LogP contribution in [0.25, 0.3) is 44.5 Å². The number of ether oxygens (including phenoxy) is 1. The Morgan fingerprint density at radius 3 is 2.82 bits per heavy atom. The topological polar surface area (TPSA) is 108 Å². The Kier molecular flexibility index (Phi) is 3.51. The first-order chi connectivity index (χ1) is 13.7. The largest absolute Gasteiger partial charge is 0.497 e. The van der Waals surface area contributed by atoms with E-state index in [0.29, 0.717) is 11.4 Å². The summed E-state index contributed by atoms with van der Waals surface area (Å²) in [6, 6.07) is 9.76. The fourth-order valence-corrected chi connectivity index (χ4v) is 3.53. The van der Waals surface area contributed by atoms with Crippen LogP contribution in [0.4, 0.5) is 5.95 Å². The number of methoxy groups -OCH3 is 1. The van der Waals surface area contributed by atoms with Gasteiger partial charge in [-0.1, -0.05) is 0 Å². The van der Waals surface area contributed by atoms with Gasteiger partial charge in [-0.2, -0.15) is 0 Å². The van der Waals surface area contributed by atoms with E-state index in [0.717, 1.165) is 38.8 Å². The predicted molar refractivity (Wildman–Crippen MR) is 108 cm³/mol. The Morgan fingerprint density at radius 1 is 1.07 bits per heavy atom. The van der Waals surface area contributed by atoms with Crippen molar-refractivity contribution < 1.29 is 4.74 Å². The van der Waals surface area contributed by atoms with E-state index in [2.05, 4.69) is 25.1 Å². The number of hydrogen-bond donors (Lipinski definition) is 2. The molecule has 0 spiro atoms. The summed E-state index contributed by atoms with van der Waals surface area (Å²) < 4.78 is 7.34. The number of fused-ring (bicyclic) bond motifs is 2. The van der Waals surface area contributed by atoms with E-state index in [1.54, 1.807) is 13.3 Å². The minimum atomic E-state index is 0.122. The Hall–Kier alpha value is -3.94. The number of aromatic nitrogens is 6. The van der Waals surface area contributed by atoms with Crippen LogP contribution in [0.5, 0.6) is 5.75 Å². The summed E-state index contributed by atoms with van der Waals surface area (Å²) in [5, 5.41) is 10.3. The van der Waals surface area contributed by atoms with Crippen LogP contribution in [0.2, 0.25) is 0 Å². The lowest BCUT2D eigenvalue weighted by Gasteiger charge is -2.07. The second-order valence-electron chi connectivity index (χ2n) is 6.51. The van der Waals surface area contributed by atoms with Crippen LogP contribution in [0.15, 0.2) is 48.9 Å². The Morgan fingerprint density at radius 2 is 1.96 bits per heavy atom. The summed E-state index contributed by atoms with van der Waals surface area (Å²) in [6.07, 6.45) is 5.66. The third kappa shape index (κ3) is 2.38. The number of rotatable bonds is 3. The van der Waals surface area contributed by atoms with Gasteiger partial charge in [0.15, 0.2) is 0 Å². The fraction of sp³-hybridized carbons (Fsp3) is 0.100. The zero-order valence-electron chi connectivity index (χ0n) is 15.3. The maximum Gasteiger partial charge on any atom is 0.240 e. The van der Waals surface area contributed by atoms with Gasteiger partial charge in [0.1, 0.15) is 22.8 Å². The van der Waals surface area contributed by atoms with Crippen LogP contribution in [-0.4, -0.2) is 36.8 Å². The number of aromatic amines is 1. The SMILES string of the molecule is COc1ccc2[nH]cc(-c3nnc(N)nc3-c3cn(C)c4ncccc34)c2c1. The summed E-state index contributed by atoms with van der Waals surface area (Å²) >= 11 is 0. The highest BCUT2D eigenvalue weighted by molar-refractivity contribution is 6.02. The van der Waals surface area contributed by atoms with Gasteiger partial charge in [0.25, 0.3) is 0 Å². The number of H-pyrrole nitrogens is 1. The summed E-state index contributed by atoms with van der Waals surface area (Å²) in [5.41, 5.74) is 10.8. The molecule has 0 amide bonds. The lowest BCUT2D eigenvalue weighted by atomic mass is 10.0. The highest BCUT2D eigenvalue weighted by Crippen LogP contribution is 2.37. The second-order valence-corrected chi connectivity index (χ2v) is 6.51.